The van der Waals surface area contributed by atoms with E-state index >= 15 is 0 Å². The van der Waals surface area contributed by atoms with Crippen LogP contribution < -0.4 is 0 Å². The Bertz CT molecular complexity index is 125. The van der Waals surface area contributed by atoms with Gasteiger partial charge in [0.05, 0.1) is 0 Å². The Kier molecular flexibility index (Phi) is 5.33. The highest BCUT2D eigenvalue weighted by Crippen LogP contribution is 2.25. The molecule has 0 aromatic rings. The van der Waals surface area contributed by atoms with Crippen LogP contribution in [0, 0.1) is 0 Å². The Labute approximate surface area is 75.8 Å². The first-order valence-electron chi connectivity index (χ1n) is 3.73. The highest BCUT2D eigenvalue weighted by atomic mass is 32.3. The molecule has 0 aliphatic rings. The maximum absolute atomic E-state index is 4.68. The molecule has 11 heavy (non-hydrogen) atoms. The molecule has 0 bridgehead atoms. The maximum Gasteiger partial charge on any atom is 0.124 e. The van der Waals surface area contributed by atoms with Crippen molar-refractivity contribution < 1.29 is 0 Å². The van der Waals surface area contributed by atoms with Gasteiger partial charge in [0.1, 0.15) is 7.22 Å². The molecular formula is C9H16SSi. The monoisotopic (exact) mass is 184 g/mol. The minimum Gasteiger partial charge on any atom is -0.201 e. The van der Waals surface area contributed by atoms with Crippen molar-refractivity contribution in [3.05, 3.63) is 38.0 Å². The lowest BCUT2D eigenvalue weighted by atomic mass is 10.7. The number of hydrogen-bond acceptors (Lipinski definition) is 1. The van der Waals surface area contributed by atoms with Crippen molar-refractivity contribution in [2.24, 2.45) is 0 Å². The minimum atomic E-state index is -1.41. The molecule has 0 aliphatic carbocycles. The van der Waals surface area contributed by atoms with E-state index in [-0.39, 0.29) is 0 Å². The van der Waals surface area contributed by atoms with Gasteiger partial charge in [-0.15, -0.1) is 19.7 Å². The molecular weight excluding hydrogens is 168 g/mol. The van der Waals surface area contributed by atoms with E-state index in [0.29, 0.717) is 0 Å². The Morgan fingerprint density at radius 2 is 1.18 bits per heavy atom. The van der Waals surface area contributed by atoms with Gasteiger partial charge in [0.2, 0.25) is 0 Å². The molecule has 0 heterocycles. The number of hydrogen-bond donors (Lipinski definition) is 1. The lowest BCUT2D eigenvalue weighted by Crippen LogP contribution is -2.23. The van der Waals surface area contributed by atoms with Gasteiger partial charge in [-0.25, -0.2) is 12.1 Å². The highest BCUT2D eigenvalue weighted by molar-refractivity contribution is 8.14. The Morgan fingerprint density at radius 1 is 0.909 bits per heavy atom. The van der Waals surface area contributed by atoms with Crippen LogP contribution >= 0.6 is 12.1 Å². The zero-order valence-electron chi connectivity index (χ0n) is 6.92. The average molecular weight is 184 g/mol. The summed E-state index contributed by atoms with van der Waals surface area (Å²) in [6.07, 6.45) is 5.85. The highest BCUT2D eigenvalue weighted by Gasteiger charge is 2.23. The number of thiol groups is 1. The van der Waals surface area contributed by atoms with Crippen LogP contribution in [0.15, 0.2) is 38.0 Å². The van der Waals surface area contributed by atoms with Crippen LogP contribution in [0.3, 0.4) is 0 Å². The molecule has 0 saturated carbocycles. The van der Waals surface area contributed by atoms with Gasteiger partial charge in [0.15, 0.2) is 0 Å². The zero-order valence-corrected chi connectivity index (χ0v) is 8.82. The van der Waals surface area contributed by atoms with Gasteiger partial charge in [0, 0.05) is 0 Å². The second kappa shape index (κ2) is 5.44. The van der Waals surface area contributed by atoms with Crippen LogP contribution in [0.5, 0.6) is 0 Å². The minimum absolute atomic E-state index is 1.04. The topological polar surface area (TPSA) is 0 Å². The van der Waals surface area contributed by atoms with Crippen molar-refractivity contribution in [1.82, 2.24) is 0 Å². The second-order valence-electron chi connectivity index (χ2n) is 2.70. The fraction of sp³-hybridized carbons (Fsp3) is 0.333. The molecule has 0 rings (SSSR count). The third-order valence-corrected chi connectivity index (χ3v) is 6.36. The van der Waals surface area contributed by atoms with E-state index < -0.39 is 7.22 Å². The number of allylic oxidation sites excluding steroid dienone is 3. The summed E-state index contributed by atoms with van der Waals surface area (Å²) >= 11 is 4.68. The zero-order chi connectivity index (χ0) is 8.74. The molecule has 0 N–H and O–H groups in total. The Hall–Kier alpha value is -0.213. The molecule has 0 nitrogen and oxygen atoms in total. The molecule has 0 spiro atoms. The van der Waals surface area contributed by atoms with Crippen LogP contribution in [0.25, 0.3) is 0 Å². The summed E-state index contributed by atoms with van der Waals surface area (Å²) in [7, 11) is -1.41. The van der Waals surface area contributed by atoms with Crippen molar-refractivity contribution in [2.75, 3.05) is 0 Å². The van der Waals surface area contributed by atoms with Crippen LogP contribution in [-0.2, 0) is 0 Å². The van der Waals surface area contributed by atoms with E-state index in [0.717, 1.165) is 18.1 Å². The third-order valence-electron chi connectivity index (χ3n) is 1.57. The smallest absolute Gasteiger partial charge is 0.124 e. The molecule has 62 valence electrons. The molecule has 0 aromatic heterocycles. The summed E-state index contributed by atoms with van der Waals surface area (Å²) in [6.45, 7) is 11.2. The van der Waals surface area contributed by atoms with Crippen LogP contribution in [0.1, 0.15) is 0 Å². The maximum atomic E-state index is 4.68. The van der Waals surface area contributed by atoms with Gasteiger partial charge in [0.25, 0.3) is 0 Å². The summed E-state index contributed by atoms with van der Waals surface area (Å²) in [5.41, 5.74) is 0. The lowest BCUT2D eigenvalue weighted by molar-refractivity contribution is 1.43. The van der Waals surface area contributed by atoms with E-state index in [1.54, 1.807) is 0 Å². The number of rotatable bonds is 6. The molecule has 0 radical (unpaired) electrons. The van der Waals surface area contributed by atoms with E-state index in [4.69, 9.17) is 0 Å². The van der Waals surface area contributed by atoms with Crippen molar-refractivity contribution in [3.63, 3.8) is 0 Å². The standard InChI is InChI=1S/C9H16SSi/c1-4-7-11(10,8-5-2)9-6-3/h4-6,10H,1-3,7-9H2. The van der Waals surface area contributed by atoms with Gasteiger partial charge in [-0.3, -0.25) is 0 Å². The van der Waals surface area contributed by atoms with Crippen LogP contribution in [0.4, 0.5) is 0 Å². The molecule has 0 atom stereocenters. The lowest BCUT2D eigenvalue weighted by Gasteiger charge is -2.20. The molecule has 0 fully saturated rings. The summed E-state index contributed by atoms with van der Waals surface area (Å²) < 4.78 is 0. The predicted molar refractivity (Wildman–Crippen MR) is 59.8 cm³/mol. The van der Waals surface area contributed by atoms with E-state index in [2.05, 4.69) is 31.8 Å². The van der Waals surface area contributed by atoms with E-state index in [1.165, 1.54) is 0 Å². The summed E-state index contributed by atoms with van der Waals surface area (Å²) in [5.74, 6) is 0. The largest absolute Gasteiger partial charge is 0.201 e. The second-order valence-corrected chi connectivity index (χ2v) is 9.22. The average Bonchev–Trinajstić information content (AvgIpc) is 1.88. The summed E-state index contributed by atoms with van der Waals surface area (Å²) in [5, 5.41) is 0. The van der Waals surface area contributed by atoms with Crippen LogP contribution in [-0.4, -0.2) is 7.22 Å². The fourth-order valence-electron chi connectivity index (χ4n) is 1.06. The molecule has 0 saturated heterocycles. The van der Waals surface area contributed by atoms with Gasteiger partial charge in [-0.05, 0) is 18.1 Å². The first-order chi connectivity index (χ1) is 5.18. The van der Waals surface area contributed by atoms with Crippen molar-refractivity contribution in [3.8, 4) is 0 Å². The summed E-state index contributed by atoms with van der Waals surface area (Å²) in [6, 6.07) is 3.11. The van der Waals surface area contributed by atoms with Gasteiger partial charge >= 0.3 is 0 Å². The van der Waals surface area contributed by atoms with E-state index in [9.17, 15) is 0 Å². The molecule has 0 aromatic carbocycles. The fourth-order valence-corrected chi connectivity index (χ4v) is 4.33. The Morgan fingerprint density at radius 3 is 1.36 bits per heavy atom. The Balaban J connectivity index is 4.09. The van der Waals surface area contributed by atoms with Gasteiger partial charge in [-0.1, -0.05) is 18.2 Å². The molecule has 0 amide bonds. The SMILES string of the molecule is C=CC[Si](S)(CC=C)CC=C. The quantitative estimate of drug-likeness (QED) is 0.365. The van der Waals surface area contributed by atoms with Crippen molar-refractivity contribution >= 4 is 19.3 Å². The normalized spacial score (nSPS) is 10.6. The van der Waals surface area contributed by atoms with Crippen LogP contribution in [0.2, 0.25) is 18.1 Å². The molecule has 2 heteroatoms. The summed E-state index contributed by atoms with van der Waals surface area (Å²) in [4.78, 5) is 0. The predicted octanol–water partition coefficient (Wildman–Crippen LogP) is 3.42. The first-order valence-corrected chi connectivity index (χ1v) is 7.64. The van der Waals surface area contributed by atoms with Crippen molar-refractivity contribution in [1.29, 1.82) is 0 Å². The molecule has 0 unspecified atom stereocenters. The molecule has 0 aliphatic heterocycles. The van der Waals surface area contributed by atoms with E-state index in [1.807, 2.05) is 18.2 Å². The first kappa shape index (κ1) is 10.8. The van der Waals surface area contributed by atoms with Crippen molar-refractivity contribution in [2.45, 2.75) is 18.1 Å². The van der Waals surface area contributed by atoms with Gasteiger partial charge in [-0.2, -0.15) is 0 Å². The third kappa shape index (κ3) is 4.27. The van der Waals surface area contributed by atoms with Gasteiger partial charge < -0.3 is 0 Å².